The van der Waals surface area contributed by atoms with Gasteiger partial charge in [-0.15, -0.1) is 0 Å². The van der Waals surface area contributed by atoms with Gasteiger partial charge in [0.05, 0.1) is 23.7 Å². The summed E-state index contributed by atoms with van der Waals surface area (Å²) in [6.45, 7) is 8.24. The normalized spacial score (nSPS) is 37.0. The van der Waals surface area contributed by atoms with Gasteiger partial charge in [-0.3, -0.25) is 4.79 Å². The Kier molecular flexibility index (Phi) is 4.63. The predicted octanol–water partition coefficient (Wildman–Crippen LogP) is 2.61. The molecular formula is C14H22INO4. The summed E-state index contributed by atoms with van der Waals surface area (Å²) in [4.78, 5) is 26.1. The number of imide groups is 1. The molecule has 0 saturated carbocycles. The highest BCUT2D eigenvalue weighted by atomic mass is 127. The van der Waals surface area contributed by atoms with Crippen molar-refractivity contribution >= 4 is 34.6 Å². The summed E-state index contributed by atoms with van der Waals surface area (Å²) < 4.78 is 11.6. The van der Waals surface area contributed by atoms with E-state index in [1.165, 1.54) is 4.90 Å². The van der Waals surface area contributed by atoms with Crippen LogP contribution in [0.3, 0.4) is 0 Å². The van der Waals surface area contributed by atoms with E-state index >= 15 is 0 Å². The first-order valence-corrected chi connectivity index (χ1v) is 8.62. The van der Waals surface area contributed by atoms with E-state index in [2.05, 4.69) is 22.6 Å². The summed E-state index contributed by atoms with van der Waals surface area (Å²) in [5, 5.41) is 0. The van der Waals surface area contributed by atoms with Gasteiger partial charge in [0.25, 0.3) is 0 Å². The van der Waals surface area contributed by atoms with Crippen LogP contribution in [0.5, 0.6) is 0 Å². The van der Waals surface area contributed by atoms with Crippen LogP contribution in [0.2, 0.25) is 0 Å². The van der Waals surface area contributed by atoms with Crippen LogP contribution < -0.4 is 0 Å². The van der Waals surface area contributed by atoms with Gasteiger partial charge in [-0.05, 0) is 19.3 Å². The third-order valence-corrected chi connectivity index (χ3v) is 5.81. The molecule has 2 amide bonds. The van der Waals surface area contributed by atoms with Crippen molar-refractivity contribution in [3.63, 3.8) is 0 Å². The lowest BCUT2D eigenvalue weighted by molar-refractivity contribution is -0.237. The summed E-state index contributed by atoms with van der Waals surface area (Å²) in [6, 6.07) is -0.161. The van der Waals surface area contributed by atoms with E-state index in [1.54, 1.807) is 0 Å². The van der Waals surface area contributed by atoms with Crippen molar-refractivity contribution < 1.29 is 19.1 Å². The predicted molar refractivity (Wildman–Crippen MR) is 82.8 cm³/mol. The standard InChI is InChI=1S/C14H22INO4/c1-5-10-11(14(4,7-15)20-10)12(17)16-9(8(2)3)6-19-13(16)18/h8-11H,5-7H2,1-4H3/t9-,10-,11+,14-/m1/s1. The molecule has 2 fully saturated rings. The fourth-order valence-electron chi connectivity index (χ4n) is 2.99. The smallest absolute Gasteiger partial charge is 0.416 e. The molecule has 0 radical (unpaired) electrons. The van der Waals surface area contributed by atoms with Crippen LogP contribution >= 0.6 is 22.6 Å². The second-order valence-electron chi connectivity index (χ2n) is 6.09. The zero-order valence-electron chi connectivity index (χ0n) is 12.4. The summed E-state index contributed by atoms with van der Waals surface area (Å²) in [5.74, 6) is -0.197. The first kappa shape index (κ1) is 16.0. The first-order chi connectivity index (χ1) is 9.35. The van der Waals surface area contributed by atoms with E-state index in [0.29, 0.717) is 6.61 Å². The van der Waals surface area contributed by atoms with E-state index in [1.807, 2.05) is 27.7 Å². The molecule has 4 atom stereocenters. The maximum absolute atomic E-state index is 12.8. The first-order valence-electron chi connectivity index (χ1n) is 7.09. The average molecular weight is 395 g/mol. The molecule has 5 nitrogen and oxygen atoms in total. The van der Waals surface area contributed by atoms with Crippen molar-refractivity contribution in [3.8, 4) is 0 Å². The van der Waals surface area contributed by atoms with Crippen LogP contribution in [0, 0.1) is 11.8 Å². The monoisotopic (exact) mass is 395 g/mol. The largest absolute Gasteiger partial charge is 0.447 e. The molecular weight excluding hydrogens is 373 g/mol. The lowest BCUT2D eigenvalue weighted by Gasteiger charge is -2.52. The molecule has 6 heteroatoms. The highest BCUT2D eigenvalue weighted by Gasteiger charge is 2.58. The zero-order valence-corrected chi connectivity index (χ0v) is 14.5. The van der Waals surface area contributed by atoms with Gasteiger partial charge in [0.15, 0.2) is 0 Å². The van der Waals surface area contributed by atoms with Crippen molar-refractivity contribution in [2.75, 3.05) is 11.0 Å². The lowest BCUT2D eigenvalue weighted by Crippen LogP contribution is -2.66. The number of hydrogen-bond donors (Lipinski definition) is 0. The average Bonchev–Trinajstić information content (AvgIpc) is 2.77. The maximum atomic E-state index is 12.8. The van der Waals surface area contributed by atoms with E-state index in [0.717, 1.165) is 10.8 Å². The lowest BCUT2D eigenvalue weighted by atomic mass is 9.77. The second kappa shape index (κ2) is 5.79. The van der Waals surface area contributed by atoms with Crippen LogP contribution in [0.15, 0.2) is 0 Å². The summed E-state index contributed by atoms with van der Waals surface area (Å²) in [7, 11) is 0. The highest BCUT2D eigenvalue weighted by molar-refractivity contribution is 14.1. The van der Waals surface area contributed by atoms with Crippen LogP contribution in [-0.4, -0.2) is 45.7 Å². The van der Waals surface area contributed by atoms with Crippen LogP contribution in [0.25, 0.3) is 0 Å². The summed E-state index contributed by atoms with van der Waals surface area (Å²) in [5.41, 5.74) is -0.470. The third-order valence-electron chi connectivity index (χ3n) is 4.30. The van der Waals surface area contributed by atoms with Crippen LogP contribution in [0.1, 0.15) is 34.1 Å². The third kappa shape index (κ3) is 2.45. The van der Waals surface area contributed by atoms with Crippen molar-refractivity contribution in [1.82, 2.24) is 4.90 Å². The number of halogens is 1. The minimum absolute atomic E-state index is 0.0940. The molecule has 114 valence electrons. The van der Waals surface area contributed by atoms with Gasteiger partial charge in [-0.2, -0.15) is 0 Å². The highest BCUT2D eigenvalue weighted by Crippen LogP contribution is 2.44. The minimum atomic E-state index is -0.508. The number of hydrogen-bond acceptors (Lipinski definition) is 4. The van der Waals surface area contributed by atoms with Crippen molar-refractivity contribution in [2.45, 2.75) is 51.9 Å². The van der Waals surface area contributed by atoms with Crippen molar-refractivity contribution in [2.24, 2.45) is 11.8 Å². The van der Waals surface area contributed by atoms with Crippen molar-refractivity contribution in [1.29, 1.82) is 0 Å². The number of carbonyl (C=O) groups is 2. The number of carbonyl (C=O) groups excluding carboxylic acids is 2. The summed E-state index contributed by atoms with van der Waals surface area (Å²) >= 11 is 2.23. The number of amides is 2. The molecule has 0 unspecified atom stereocenters. The maximum Gasteiger partial charge on any atom is 0.416 e. The van der Waals surface area contributed by atoms with Gasteiger partial charge in [-0.1, -0.05) is 43.4 Å². The Labute approximate surface area is 133 Å². The molecule has 0 N–H and O–H groups in total. The quantitative estimate of drug-likeness (QED) is 0.543. The fraction of sp³-hybridized carbons (Fsp3) is 0.857. The van der Waals surface area contributed by atoms with Crippen LogP contribution in [0.4, 0.5) is 4.79 Å². The van der Waals surface area contributed by atoms with Crippen LogP contribution in [-0.2, 0) is 14.3 Å². The molecule has 0 aromatic carbocycles. The molecule has 0 spiro atoms. The van der Waals surface area contributed by atoms with Gasteiger partial charge < -0.3 is 9.47 Å². The number of ether oxygens (including phenoxy) is 2. The zero-order chi connectivity index (χ0) is 15.1. The number of rotatable bonds is 4. The van der Waals surface area contributed by atoms with E-state index < -0.39 is 11.7 Å². The summed E-state index contributed by atoms with van der Waals surface area (Å²) in [6.07, 6.45) is 0.174. The number of nitrogens with zero attached hydrogens (tertiary/aromatic N) is 1. The van der Waals surface area contributed by atoms with Gasteiger partial charge in [0, 0.05) is 4.43 Å². The molecule has 0 bridgehead atoms. The van der Waals surface area contributed by atoms with Gasteiger partial charge in [0.2, 0.25) is 5.91 Å². The van der Waals surface area contributed by atoms with E-state index in [-0.39, 0.29) is 29.9 Å². The van der Waals surface area contributed by atoms with E-state index in [9.17, 15) is 9.59 Å². The fourth-order valence-corrected chi connectivity index (χ4v) is 3.65. The topological polar surface area (TPSA) is 55.8 Å². The van der Waals surface area contributed by atoms with Gasteiger partial charge >= 0.3 is 6.09 Å². The Morgan fingerprint density at radius 3 is 2.70 bits per heavy atom. The number of cyclic esters (lactones) is 1. The molecule has 2 rings (SSSR count). The molecule has 20 heavy (non-hydrogen) atoms. The van der Waals surface area contributed by atoms with Gasteiger partial charge in [0.1, 0.15) is 6.61 Å². The van der Waals surface area contributed by atoms with Crippen molar-refractivity contribution in [3.05, 3.63) is 0 Å². The SMILES string of the molecule is CC[C@H]1O[C@](C)(CI)[C@@H]1C(=O)N1C(=O)OC[C@@H]1C(C)C. The van der Waals surface area contributed by atoms with E-state index in [4.69, 9.17) is 9.47 Å². The molecule has 2 saturated heterocycles. The molecule has 0 aromatic rings. The van der Waals surface area contributed by atoms with Gasteiger partial charge in [-0.25, -0.2) is 9.69 Å². The Balaban J connectivity index is 2.22. The Bertz CT molecular complexity index is 414. The number of alkyl halides is 1. The Morgan fingerprint density at radius 1 is 1.55 bits per heavy atom. The molecule has 0 aliphatic carbocycles. The molecule has 2 aliphatic rings. The molecule has 0 aromatic heterocycles. The molecule has 2 aliphatic heterocycles. The second-order valence-corrected chi connectivity index (χ2v) is 6.85. The Hall–Kier alpha value is -0.370. The Morgan fingerprint density at radius 2 is 2.20 bits per heavy atom. The minimum Gasteiger partial charge on any atom is -0.447 e. The molecule has 2 heterocycles.